The van der Waals surface area contributed by atoms with Gasteiger partial charge in [-0.05, 0) is 6.92 Å². The molecule has 0 bridgehead atoms. The fourth-order valence-corrected chi connectivity index (χ4v) is 1.70. The largest absolute Gasteiger partial charge is 0.387 e. The van der Waals surface area contributed by atoms with Crippen LogP contribution in [0.3, 0.4) is 0 Å². The van der Waals surface area contributed by atoms with Crippen LogP contribution in [0, 0.1) is 0 Å². The summed E-state index contributed by atoms with van der Waals surface area (Å²) in [4.78, 5) is 4.11. The van der Waals surface area contributed by atoms with E-state index in [1.165, 1.54) is 11.3 Å². The van der Waals surface area contributed by atoms with Crippen molar-refractivity contribution in [1.82, 2.24) is 20.0 Å². The first-order valence-electron chi connectivity index (χ1n) is 4.43. The molecule has 0 aliphatic heterocycles. The van der Waals surface area contributed by atoms with Gasteiger partial charge in [-0.25, -0.2) is 9.67 Å². The van der Waals surface area contributed by atoms with Crippen LogP contribution in [0.15, 0.2) is 11.6 Å². The predicted molar refractivity (Wildman–Crippen MR) is 56.3 cm³/mol. The summed E-state index contributed by atoms with van der Waals surface area (Å²) < 4.78 is 1.62. The number of anilines is 1. The summed E-state index contributed by atoms with van der Waals surface area (Å²) >= 11 is 1.39. The summed E-state index contributed by atoms with van der Waals surface area (Å²) in [7, 11) is 0. The Labute approximate surface area is 90.4 Å². The van der Waals surface area contributed by atoms with E-state index < -0.39 is 6.10 Å². The third-order valence-corrected chi connectivity index (χ3v) is 2.60. The average Bonchev–Trinajstić information content (AvgIpc) is 2.76. The van der Waals surface area contributed by atoms with E-state index in [2.05, 4.69) is 15.3 Å². The fourth-order valence-electron chi connectivity index (χ4n) is 1.14. The van der Waals surface area contributed by atoms with Gasteiger partial charge in [0, 0.05) is 5.38 Å². The topological polar surface area (TPSA) is 89.8 Å². The van der Waals surface area contributed by atoms with E-state index in [0.717, 1.165) is 5.69 Å². The second-order valence-corrected chi connectivity index (χ2v) is 4.08. The average molecular weight is 225 g/mol. The molecule has 0 spiro atoms. The number of hydrogen-bond acceptors (Lipinski definition) is 6. The molecule has 2 aromatic rings. The first-order chi connectivity index (χ1) is 7.15. The summed E-state index contributed by atoms with van der Waals surface area (Å²) in [5.74, 6) is 0. The molecule has 80 valence electrons. The molecule has 2 aromatic heterocycles. The molecule has 0 aliphatic rings. The molecule has 0 saturated carbocycles. The van der Waals surface area contributed by atoms with E-state index >= 15 is 0 Å². The molecule has 0 fully saturated rings. The number of hydrogen-bond donors (Lipinski definition) is 2. The van der Waals surface area contributed by atoms with Gasteiger partial charge in [-0.3, -0.25) is 0 Å². The summed E-state index contributed by atoms with van der Waals surface area (Å²) in [5, 5.41) is 19.4. The molecule has 0 aromatic carbocycles. The maximum absolute atomic E-state index is 9.26. The van der Waals surface area contributed by atoms with Crippen molar-refractivity contribution in [1.29, 1.82) is 0 Å². The van der Waals surface area contributed by atoms with E-state index in [1.807, 2.05) is 5.38 Å². The van der Waals surface area contributed by atoms with Crippen molar-refractivity contribution in [2.24, 2.45) is 0 Å². The van der Waals surface area contributed by atoms with E-state index in [1.54, 1.807) is 17.8 Å². The highest BCUT2D eigenvalue weighted by Crippen LogP contribution is 2.12. The zero-order chi connectivity index (χ0) is 10.8. The minimum Gasteiger partial charge on any atom is -0.387 e. The van der Waals surface area contributed by atoms with Crippen LogP contribution in [0.5, 0.6) is 0 Å². The maximum atomic E-state index is 9.26. The highest BCUT2D eigenvalue weighted by molar-refractivity contribution is 7.13. The lowest BCUT2D eigenvalue weighted by Gasteiger charge is -1.96. The van der Waals surface area contributed by atoms with E-state index in [9.17, 15) is 5.11 Å². The highest BCUT2D eigenvalue weighted by Gasteiger charge is 2.07. The molecule has 1 atom stereocenters. The zero-order valence-corrected chi connectivity index (χ0v) is 8.98. The molecule has 0 aliphatic carbocycles. The molecular formula is C8H11N5OS. The van der Waals surface area contributed by atoms with Crippen LogP contribution in [0.1, 0.15) is 24.4 Å². The van der Waals surface area contributed by atoms with Gasteiger partial charge >= 0.3 is 0 Å². The lowest BCUT2D eigenvalue weighted by atomic mass is 10.3. The second kappa shape index (κ2) is 3.95. The van der Waals surface area contributed by atoms with Crippen molar-refractivity contribution in [3.05, 3.63) is 23.0 Å². The Morgan fingerprint density at radius 1 is 1.67 bits per heavy atom. The Balaban J connectivity index is 2.11. The van der Waals surface area contributed by atoms with Gasteiger partial charge in [0.05, 0.1) is 24.5 Å². The fraction of sp³-hybridized carbons (Fsp3) is 0.375. The van der Waals surface area contributed by atoms with Crippen LogP contribution in [0.2, 0.25) is 0 Å². The van der Waals surface area contributed by atoms with Crippen LogP contribution in [0.25, 0.3) is 0 Å². The molecular weight excluding hydrogens is 214 g/mol. The number of aromatic nitrogens is 4. The second-order valence-electron chi connectivity index (χ2n) is 3.19. The van der Waals surface area contributed by atoms with E-state index in [0.29, 0.717) is 17.4 Å². The molecule has 7 heteroatoms. The molecule has 2 rings (SSSR count). The number of aliphatic hydroxyl groups is 1. The van der Waals surface area contributed by atoms with Crippen molar-refractivity contribution in [3.63, 3.8) is 0 Å². The van der Waals surface area contributed by atoms with Gasteiger partial charge in [-0.2, -0.15) is 0 Å². The number of nitrogens with zero attached hydrogens (tertiary/aromatic N) is 4. The van der Waals surface area contributed by atoms with Crippen LogP contribution >= 0.6 is 11.3 Å². The van der Waals surface area contributed by atoms with Gasteiger partial charge in [0.1, 0.15) is 5.69 Å². The van der Waals surface area contributed by atoms with Gasteiger partial charge in [0.2, 0.25) is 0 Å². The first-order valence-corrected chi connectivity index (χ1v) is 5.31. The summed E-state index contributed by atoms with van der Waals surface area (Å²) in [6.07, 6.45) is 1.10. The highest BCUT2D eigenvalue weighted by atomic mass is 32.1. The van der Waals surface area contributed by atoms with Crippen LogP contribution < -0.4 is 5.73 Å². The Bertz CT molecular complexity index is 449. The molecule has 6 nitrogen and oxygen atoms in total. The van der Waals surface area contributed by atoms with Crippen LogP contribution in [-0.4, -0.2) is 25.1 Å². The lowest BCUT2D eigenvalue weighted by Crippen LogP contribution is -2.01. The van der Waals surface area contributed by atoms with E-state index in [-0.39, 0.29) is 0 Å². The number of nitrogens with two attached hydrogens (primary N) is 1. The van der Waals surface area contributed by atoms with Crippen molar-refractivity contribution in [2.75, 3.05) is 5.73 Å². The minimum atomic E-state index is -0.598. The Morgan fingerprint density at radius 3 is 3.00 bits per heavy atom. The molecule has 3 N–H and O–H groups in total. The van der Waals surface area contributed by atoms with Gasteiger partial charge in [0.25, 0.3) is 0 Å². The first kappa shape index (κ1) is 10.1. The smallest absolute Gasteiger partial charge is 0.180 e. The van der Waals surface area contributed by atoms with Gasteiger partial charge in [-0.15, -0.1) is 16.4 Å². The van der Waals surface area contributed by atoms with Crippen LogP contribution in [-0.2, 0) is 6.54 Å². The number of aliphatic hydroxyl groups excluding tert-OH is 1. The minimum absolute atomic E-state index is 0.521. The predicted octanol–water partition coefficient (Wildman–Crippen LogP) is 0.418. The quantitative estimate of drug-likeness (QED) is 0.790. The van der Waals surface area contributed by atoms with Crippen molar-refractivity contribution >= 4 is 16.5 Å². The van der Waals surface area contributed by atoms with Crippen LogP contribution in [0.4, 0.5) is 5.13 Å². The van der Waals surface area contributed by atoms with Crippen molar-refractivity contribution in [2.45, 2.75) is 19.6 Å². The summed E-state index contributed by atoms with van der Waals surface area (Å²) in [6.45, 7) is 2.17. The molecule has 0 saturated heterocycles. The monoisotopic (exact) mass is 225 g/mol. The third kappa shape index (κ3) is 2.31. The van der Waals surface area contributed by atoms with Crippen molar-refractivity contribution < 1.29 is 5.11 Å². The SMILES string of the molecule is CC(O)c1cn(Cc2csc(N)n2)nn1. The number of rotatable bonds is 3. The molecule has 2 heterocycles. The Hall–Kier alpha value is -1.47. The van der Waals surface area contributed by atoms with Crippen molar-refractivity contribution in [3.8, 4) is 0 Å². The normalized spacial score (nSPS) is 12.9. The third-order valence-electron chi connectivity index (χ3n) is 1.88. The number of nitrogen functional groups attached to an aromatic ring is 1. The number of thiazole rings is 1. The van der Waals surface area contributed by atoms with Gasteiger partial charge in [-0.1, -0.05) is 5.21 Å². The van der Waals surface area contributed by atoms with E-state index in [4.69, 9.17) is 5.73 Å². The lowest BCUT2D eigenvalue weighted by molar-refractivity contribution is 0.194. The molecule has 0 amide bonds. The molecule has 0 radical (unpaired) electrons. The Kier molecular flexibility index (Phi) is 2.65. The standard InChI is InChI=1S/C8H11N5OS/c1-5(14)7-3-13(12-11-7)2-6-4-15-8(9)10-6/h3-5,14H,2H2,1H3,(H2,9,10). The molecule has 15 heavy (non-hydrogen) atoms. The van der Waals surface area contributed by atoms with Gasteiger partial charge < -0.3 is 10.8 Å². The summed E-state index contributed by atoms with van der Waals surface area (Å²) in [5.41, 5.74) is 6.91. The zero-order valence-electron chi connectivity index (χ0n) is 8.16. The maximum Gasteiger partial charge on any atom is 0.180 e. The Morgan fingerprint density at radius 2 is 2.47 bits per heavy atom. The van der Waals surface area contributed by atoms with Gasteiger partial charge in [0.15, 0.2) is 5.13 Å². The summed E-state index contributed by atoms with van der Waals surface area (Å²) in [6, 6.07) is 0. The molecule has 1 unspecified atom stereocenters.